The summed E-state index contributed by atoms with van der Waals surface area (Å²) in [7, 11) is 0. The molecular weight excluding hydrogens is 488 g/mol. The lowest BCUT2D eigenvalue weighted by Crippen LogP contribution is -2.53. The summed E-state index contributed by atoms with van der Waals surface area (Å²) in [4.78, 5) is 52.6. The molecule has 2 aliphatic heterocycles. The SMILES string of the molecule is CC(C)COc1ccc(C(=O)N(NCCC(=O)O)C(=O)[C@@H]2CCCN(C(=O)CCC3CCNCC3)C2)cc1. The van der Waals surface area contributed by atoms with Crippen LogP contribution in [0.1, 0.15) is 69.2 Å². The van der Waals surface area contributed by atoms with Gasteiger partial charge in [-0.1, -0.05) is 13.8 Å². The molecule has 0 radical (unpaired) electrons. The maximum atomic E-state index is 13.5. The molecule has 3 amide bonds. The normalized spacial score (nSPS) is 18.3. The maximum absolute atomic E-state index is 13.5. The van der Waals surface area contributed by atoms with Crippen molar-refractivity contribution in [3.63, 3.8) is 0 Å². The van der Waals surface area contributed by atoms with Crippen molar-refractivity contribution in [3.05, 3.63) is 29.8 Å². The smallest absolute Gasteiger partial charge is 0.304 e. The topological polar surface area (TPSA) is 128 Å². The van der Waals surface area contributed by atoms with Crippen LogP contribution in [-0.2, 0) is 14.4 Å². The zero-order chi connectivity index (χ0) is 27.5. The lowest BCUT2D eigenvalue weighted by Gasteiger charge is -2.35. The van der Waals surface area contributed by atoms with Crippen molar-refractivity contribution in [1.82, 2.24) is 20.7 Å². The van der Waals surface area contributed by atoms with E-state index in [1.807, 2.05) is 13.8 Å². The molecule has 10 nitrogen and oxygen atoms in total. The van der Waals surface area contributed by atoms with Crippen molar-refractivity contribution in [2.45, 2.75) is 58.8 Å². The molecule has 1 aromatic rings. The van der Waals surface area contributed by atoms with Crippen molar-refractivity contribution in [2.24, 2.45) is 17.8 Å². The Labute approximate surface area is 225 Å². The van der Waals surface area contributed by atoms with E-state index in [9.17, 15) is 19.2 Å². The summed E-state index contributed by atoms with van der Waals surface area (Å²) < 4.78 is 5.68. The lowest BCUT2D eigenvalue weighted by molar-refractivity contribution is -0.142. The molecular formula is C28H42N4O6. The summed E-state index contributed by atoms with van der Waals surface area (Å²) in [6, 6.07) is 6.54. The number of rotatable bonds is 12. The molecule has 0 bridgehead atoms. The van der Waals surface area contributed by atoms with Gasteiger partial charge in [0.25, 0.3) is 5.91 Å². The van der Waals surface area contributed by atoms with Gasteiger partial charge in [0.05, 0.1) is 18.9 Å². The lowest BCUT2D eigenvalue weighted by atomic mass is 9.92. The Kier molecular flexibility index (Phi) is 11.5. The Morgan fingerprint density at radius 1 is 1.11 bits per heavy atom. The Morgan fingerprint density at radius 3 is 2.47 bits per heavy atom. The van der Waals surface area contributed by atoms with Gasteiger partial charge in [0, 0.05) is 31.6 Å². The molecule has 0 aliphatic carbocycles. The van der Waals surface area contributed by atoms with E-state index in [4.69, 9.17) is 9.84 Å². The van der Waals surface area contributed by atoms with Gasteiger partial charge in [-0.2, -0.15) is 0 Å². The summed E-state index contributed by atoms with van der Waals surface area (Å²) in [6.45, 7) is 7.40. The molecule has 2 fully saturated rings. The van der Waals surface area contributed by atoms with Gasteiger partial charge in [0.1, 0.15) is 5.75 Å². The first-order chi connectivity index (χ1) is 18.2. The summed E-state index contributed by atoms with van der Waals surface area (Å²) in [5, 5.41) is 13.3. The average Bonchev–Trinajstić information content (AvgIpc) is 2.93. The van der Waals surface area contributed by atoms with Gasteiger partial charge in [-0.3, -0.25) is 19.2 Å². The molecule has 0 saturated carbocycles. The minimum Gasteiger partial charge on any atom is -0.493 e. The molecule has 0 aromatic heterocycles. The second kappa shape index (κ2) is 14.8. The van der Waals surface area contributed by atoms with E-state index < -0.39 is 23.7 Å². The minimum absolute atomic E-state index is 0.0507. The first-order valence-corrected chi connectivity index (χ1v) is 13.8. The predicted molar refractivity (Wildman–Crippen MR) is 142 cm³/mol. The van der Waals surface area contributed by atoms with Crippen LogP contribution in [0.4, 0.5) is 0 Å². The van der Waals surface area contributed by atoms with Crippen molar-refractivity contribution < 1.29 is 29.0 Å². The van der Waals surface area contributed by atoms with Gasteiger partial charge in [-0.05, 0) is 81.3 Å². The van der Waals surface area contributed by atoms with Crippen LogP contribution >= 0.6 is 0 Å². The van der Waals surface area contributed by atoms with Gasteiger partial charge >= 0.3 is 5.97 Å². The number of imide groups is 1. The number of carbonyl (C=O) groups excluding carboxylic acids is 3. The number of ether oxygens (including phenoxy) is 1. The third-order valence-electron chi connectivity index (χ3n) is 7.07. The highest BCUT2D eigenvalue weighted by molar-refractivity contribution is 6.05. The van der Waals surface area contributed by atoms with Crippen molar-refractivity contribution >= 4 is 23.7 Å². The van der Waals surface area contributed by atoms with Crippen LogP contribution in [-0.4, -0.2) is 78.0 Å². The molecule has 3 N–H and O–H groups in total. The maximum Gasteiger partial charge on any atom is 0.304 e. The number of hydrogen-bond donors (Lipinski definition) is 3. The highest BCUT2D eigenvalue weighted by Gasteiger charge is 2.34. The van der Waals surface area contributed by atoms with Gasteiger partial charge in [0.15, 0.2) is 0 Å². The number of piperidine rings is 2. The number of carboxylic acid groups (broad SMARTS) is 1. The van der Waals surface area contributed by atoms with Crippen LogP contribution < -0.4 is 15.5 Å². The van der Waals surface area contributed by atoms with Crippen LogP contribution in [0.3, 0.4) is 0 Å². The van der Waals surface area contributed by atoms with Gasteiger partial charge in [-0.15, -0.1) is 0 Å². The van der Waals surface area contributed by atoms with E-state index in [-0.39, 0.29) is 31.0 Å². The van der Waals surface area contributed by atoms with Crippen molar-refractivity contribution in [3.8, 4) is 5.75 Å². The van der Waals surface area contributed by atoms with E-state index in [0.29, 0.717) is 50.0 Å². The van der Waals surface area contributed by atoms with Crippen LogP contribution in [0.2, 0.25) is 0 Å². The summed E-state index contributed by atoms with van der Waals surface area (Å²) in [6.07, 6.45) is 4.48. The molecule has 0 spiro atoms. The number of benzene rings is 1. The van der Waals surface area contributed by atoms with E-state index in [0.717, 1.165) is 37.4 Å². The number of aliphatic carboxylic acids is 1. The van der Waals surface area contributed by atoms with Gasteiger partial charge in [0.2, 0.25) is 11.8 Å². The fourth-order valence-corrected chi connectivity index (χ4v) is 4.85. The number of hydrogen-bond acceptors (Lipinski definition) is 7. The first kappa shape index (κ1) is 29.6. The Balaban J connectivity index is 1.64. The molecule has 2 aliphatic rings. The molecule has 2 saturated heterocycles. The molecule has 38 heavy (non-hydrogen) atoms. The number of amides is 3. The quantitative estimate of drug-likeness (QED) is 0.278. The molecule has 3 rings (SSSR count). The summed E-state index contributed by atoms with van der Waals surface area (Å²) in [5.41, 5.74) is 3.01. The highest BCUT2D eigenvalue weighted by Crippen LogP contribution is 2.23. The van der Waals surface area contributed by atoms with Crippen LogP contribution in [0.15, 0.2) is 24.3 Å². The highest BCUT2D eigenvalue weighted by atomic mass is 16.5. The Hall–Kier alpha value is -2.98. The third kappa shape index (κ3) is 9.09. The summed E-state index contributed by atoms with van der Waals surface area (Å²) in [5.74, 6) is -1.01. The molecule has 1 atom stereocenters. The third-order valence-corrected chi connectivity index (χ3v) is 7.07. The van der Waals surface area contributed by atoms with Crippen LogP contribution in [0.5, 0.6) is 5.75 Å². The predicted octanol–water partition coefficient (Wildman–Crippen LogP) is 2.69. The average molecular weight is 531 g/mol. The van der Waals surface area contributed by atoms with Crippen LogP contribution in [0.25, 0.3) is 0 Å². The first-order valence-electron chi connectivity index (χ1n) is 13.8. The molecule has 0 unspecified atom stereocenters. The number of hydrazine groups is 1. The van der Waals surface area contributed by atoms with Gasteiger partial charge < -0.3 is 20.1 Å². The van der Waals surface area contributed by atoms with Crippen LogP contribution in [0, 0.1) is 17.8 Å². The minimum atomic E-state index is -1.04. The van der Waals surface area contributed by atoms with E-state index in [1.54, 1.807) is 29.2 Å². The standard InChI is InChI=1S/C28H42N4O6/c1-20(2)19-38-24-8-6-22(7-9-24)27(36)32(30-16-13-26(34)35)28(37)23-4-3-17-31(18-23)25(33)10-5-21-11-14-29-15-12-21/h6-9,20-21,23,29-30H,3-5,10-19H2,1-2H3,(H,34,35)/t23-/m1/s1. The zero-order valence-electron chi connectivity index (χ0n) is 22.6. The van der Waals surface area contributed by atoms with Crippen molar-refractivity contribution in [1.29, 1.82) is 0 Å². The number of carboxylic acids is 1. The fraction of sp³-hybridized carbons (Fsp3) is 0.643. The largest absolute Gasteiger partial charge is 0.493 e. The Bertz CT molecular complexity index is 945. The van der Waals surface area contributed by atoms with Crippen molar-refractivity contribution in [2.75, 3.05) is 39.3 Å². The monoisotopic (exact) mass is 530 g/mol. The number of likely N-dealkylation sites (tertiary alicyclic amines) is 1. The second-order valence-corrected chi connectivity index (χ2v) is 10.7. The molecule has 10 heteroatoms. The number of carbonyl (C=O) groups is 4. The summed E-state index contributed by atoms with van der Waals surface area (Å²) >= 11 is 0. The van der Waals surface area contributed by atoms with E-state index >= 15 is 0 Å². The number of nitrogens with zero attached hydrogens (tertiary/aromatic N) is 2. The number of nitrogens with one attached hydrogen (secondary N) is 2. The van der Waals surface area contributed by atoms with E-state index in [1.165, 1.54) is 0 Å². The van der Waals surface area contributed by atoms with E-state index in [2.05, 4.69) is 10.7 Å². The second-order valence-electron chi connectivity index (χ2n) is 10.7. The Morgan fingerprint density at radius 2 is 1.82 bits per heavy atom. The van der Waals surface area contributed by atoms with Gasteiger partial charge in [-0.25, -0.2) is 10.4 Å². The zero-order valence-corrected chi connectivity index (χ0v) is 22.6. The fourth-order valence-electron chi connectivity index (χ4n) is 4.85. The molecule has 1 aromatic carbocycles. The molecule has 2 heterocycles. The molecule has 210 valence electrons.